The van der Waals surface area contributed by atoms with Crippen LogP contribution < -0.4 is 0 Å². The highest BCUT2D eigenvalue weighted by molar-refractivity contribution is 7.89. The lowest BCUT2D eigenvalue weighted by molar-refractivity contribution is -0.00252. The van der Waals surface area contributed by atoms with E-state index in [1.54, 1.807) is 18.2 Å². The number of halogens is 2. The average Bonchev–Trinajstić information content (AvgIpc) is 2.60. The van der Waals surface area contributed by atoms with E-state index in [1.807, 2.05) is 30.3 Å². The van der Waals surface area contributed by atoms with Crippen LogP contribution >= 0.6 is 23.2 Å². The molecule has 0 radical (unpaired) electrons. The molecular formula is C18H19Cl2NO3S. The zero-order valence-corrected chi connectivity index (χ0v) is 15.9. The van der Waals surface area contributed by atoms with E-state index in [9.17, 15) is 8.42 Å². The molecule has 7 heteroatoms. The van der Waals surface area contributed by atoms with E-state index < -0.39 is 10.0 Å². The molecular weight excluding hydrogens is 381 g/mol. The highest BCUT2D eigenvalue weighted by Crippen LogP contribution is 2.29. The third-order valence-electron chi connectivity index (χ3n) is 4.17. The monoisotopic (exact) mass is 399 g/mol. The summed E-state index contributed by atoms with van der Waals surface area (Å²) in [5.74, 6) is 0.0834. The van der Waals surface area contributed by atoms with Crippen LogP contribution in [0.2, 0.25) is 10.0 Å². The van der Waals surface area contributed by atoms with Gasteiger partial charge in [0.1, 0.15) is 0 Å². The Labute approximate surface area is 158 Å². The SMILES string of the molecule is O=S(=O)(CCc1ccccc1)N1CCOC(c2cc(Cl)cc(Cl)c2)C1. The molecule has 0 bridgehead atoms. The van der Waals surface area contributed by atoms with Crippen molar-refractivity contribution in [2.75, 3.05) is 25.4 Å². The Balaban J connectivity index is 1.69. The van der Waals surface area contributed by atoms with Crippen LogP contribution in [0.15, 0.2) is 48.5 Å². The summed E-state index contributed by atoms with van der Waals surface area (Å²) in [6.07, 6.45) is 0.130. The van der Waals surface area contributed by atoms with Crippen LogP contribution in [0, 0.1) is 0 Å². The van der Waals surface area contributed by atoms with Gasteiger partial charge < -0.3 is 4.74 Å². The van der Waals surface area contributed by atoms with Crippen molar-refractivity contribution < 1.29 is 13.2 Å². The Morgan fingerprint density at radius 3 is 2.44 bits per heavy atom. The first-order chi connectivity index (χ1) is 11.9. The number of benzene rings is 2. The summed E-state index contributed by atoms with van der Waals surface area (Å²) in [4.78, 5) is 0. The minimum atomic E-state index is -3.36. The molecule has 0 spiro atoms. The maximum Gasteiger partial charge on any atom is 0.214 e. The van der Waals surface area contributed by atoms with Gasteiger partial charge in [-0.25, -0.2) is 8.42 Å². The van der Waals surface area contributed by atoms with Crippen LogP contribution in [0.5, 0.6) is 0 Å². The van der Waals surface area contributed by atoms with Gasteiger partial charge in [-0.05, 0) is 35.7 Å². The molecule has 1 heterocycles. The number of nitrogens with zero attached hydrogens (tertiary/aromatic N) is 1. The first kappa shape index (κ1) is 18.7. The van der Waals surface area contributed by atoms with Crippen LogP contribution in [0.1, 0.15) is 17.2 Å². The molecule has 1 atom stereocenters. The molecule has 1 aliphatic heterocycles. The molecule has 1 fully saturated rings. The molecule has 0 amide bonds. The van der Waals surface area contributed by atoms with E-state index in [0.717, 1.165) is 11.1 Å². The van der Waals surface area contributed by atoms with Crippen molar-refractivity contribution in [3.05, 3.63) is 69.7 Å². The standard InChI is InChI=1S/C18H19Cl2NO3S/c19-16-10-15(11-17(20)12-16)18-13-21(7-8-24-18)25(22,23)9-6-14-4-2-1-3-5-14/h1-5,10-12,18H,6-9,13H2. The van der Waals surface area contributed by atoms with E-state index in [2.05, 4.69) is 0 Å². The van der Waals surface area contributed by atoms with Crippen molar-refractivity contribution in [2.24, 2.45) is 0 Å². The summed E-state index contributed by atoms with van der Waals surface area (Å²) < 4.78 is 32.6. The largest absolute Gasteiger partial charge is 0.371 e. The molecule has 3 rings (SSSR count). The van der Waals surface area contributed by atoms with E-state index in [0.29, 0.717) is 29.6 Å². The molecule has 0 aliphatic carbocycles. The lowest BCUT2D eigenvalue weighted by Crippen LogP contribution is -2.43. The summed E-state index contributed by atoms with van der Waals surface area (Å²) in [6.45, 7) is 0.981. The summed E-state index contributed by atoms with van der Waals surface area (Å²) in [5.41, 5.74) is 1.80. The van der Waals surface area contributed by atoms with E-state index >= 15 is 0 Å². The van der Waals surface area contributed by atoms with Crippen molar-refractivity contribution in [3.63, 3.8) is 0 Å². The molecule has 4 nitrogen and oxygen atoms in total. The normalized spacial score (nSPS) is 19.0. The second kappa shape index (κ2) is 8.06. The molecule has 1 saturated heterocycles. The molecule has 0 N–H and O–H groups in total. The van der Waals surface area contributed by atoms with Crippen LogP contribution in [0.3, 0.4) is 0 Å². The summed E-state index contributed by atoms with van der Waals surface area (Å²) in [6, 6.07) is 14.8. The topological polar surface area (TPSA) is 46.6 Å². The van der Waals surface area contributed by atoms with Gasteiger partial charge in [-0.1, -0.05) is 53.5 Å². The summed E-state index contributed by atoms with van der Waals surface area (Å²) in [5, 5.41) is 1.02. The van der Waals surface area contributed by atoms with Gasteiger partial charge in [-0.3, -0.25) is 0 Å². The van der Waals surface area contributed by atoms with E-state index in [1.165, 1.54) is 4.31 Å². The van der Waals surface area contributed by atoms with Gasteiger partial charge in [0.15, 0.2) is 0 Å². The minimum Gasteiger partial charge on any atom is -0.371 e. The van der Waals surface area contributed by atoms with Gasteiger partial charge in [0.25, 0.3) is 0 Å². The molecule has 1 aliphatic rings. The number of hydrogen-bond acceptors (Lipinski definition) is 3. The quantitative estimate of drug-likeness (QED) is 0.764. The second-order valence-electron chi connectivity index (χ2n) is 5.97. The fourth-order valence-electron chi connectivity index (χ4n) is 2.86. The van der Waals surface area contributed by atoms with Crippen molar-refractivity contribution in [1.29, 1.82) is 0 Å². The van der Waals surface area contributed by atoms with Gasteiger partial charge in [0.2, 0.25) is 10.0 Å². The number of rotatable bonds is 5. The van der Waals surface area contributed by atoms with Crippen molar-refractivity contribution in [1.82, 2.24) is 4.31 Å². The predicted octanol–water partition coefficient (Wildman–Crippen LogP) is 3.94. The Hall–Kier alpha value is -1.11. The Morgan fingerprint density at radius 1 is 1.08 bits per heavy atom. The molecule has 2 aromatic carbocycles. The fraction of sp³-hybridized carbons (Fsp3) is 0.333. The lowest BCUT2D eigenvalue weighted by Gasteiger charge is -2.32. The first-order valence-electron chi connectivity index (χ1n) is 8.03. The van der Waals surface area contributed by atoms with E-state index in [-0.39, 0.29) is 18.4 Å². The third kappa shape index (κ3) is 4.96. The van der Waals surface area contributed by atoms with Gasteiger partial charge in [-0.15, -0.1) is 0 Å². The maximum absolute atomic E-state index is 12.7. The van der Waals surface area contributed by atoms with Crippen LogP contribution in [0.25, 0.3) is 0 Å². The first-order valence-corrected chi connectivity index (χ1v) is 10.4. The third-order valence-corrected chi connectivity index (χ3v) is 6.45. The maximum atomic E-state index is 12.7. The van der Waals surface area contributed by atoms with Crippen molar-refractivity contribution in [3.8, 4) is 0 Å². The molecule has 25 heavy (non-hydrogen) atoms. The predicted molar refractivity (Wildman–Crippen MR) is 101 cm³/mol. The van der Waals surface area contributed by atoms with Gasteiger partial charge in [0, 0.05) is 23.1 Å². The molecule has 1 unspecified atom stereocenters. The highest BCUT2D eigenvalue weighted by Gasteiger charge is 2.30. The van der Waals surface area contributed by atoms with Crippen molar-refractivity contribution in [2.45, 2.75) is 12.5 Å². The number of aryl methyl sites for hydroxylation is 1. The zero-order chi connectivity index (χ0) is 17.9. The minimum absolute atomic E-state index is 0.0834. The van der Waals surface area contributed by atoms with Crippen LogP contribution in [0.4, 0.5) is 0 Å². The lowest BCUT2D eigenvalue weighted by atomic mass is 10.1. The van der Waals surface area contributed by atoms with Gasteiger partial charge in [-0.2, -0.15) is 4.31 Å². The molecule has 2 aromatic rings. The number of morpholine rings is 1. The zero-order valence-electron chi connectivity index (χ0n) is 13.6. The molecule has 0 aromatic heterocycles. The number of ether oxygens (including phenoxy) is 1. The second-order valence-corrected chi connectivity index (χ2v) is 8.93. The van der Waals surface area contributed by atoms with Crippen LogP contribution in [-0.2, 0) is 21.2 Å². The fourth-order valence-corrected chi connectivity index (χ4v) is 4.87. The van der Waals surface area contributed by atoms with Crippen molar-refractivity contribution >= 4 is 33.2 Å². The Bertz CT molecular complexity index is 807. The van der Waals surface area contributed by atoms with Gasteiger partial charge >= 0.3 is 0 Å². The molecule has 0 saturated carbocycles. The summed E-state index contributed by atoms with van der Waals surface area (Å²) in [7, 11) is -3.36. The smallest absolute Gasteiger partial charge is 0.214 e. The average molecular weight is 400 g/mol. The van der Waals surface area contributed by atoms with E-state index in [4.69, 9.17) is 27.9 Å². The number of hydrogen-bond donors (Lipinski definition) is 0. The number of sulfonamides is 1. The summed E-state index contributed by atoms with van der Waals surface area (Å²) >= 11 is 12.1. The van der Waals surface area contributed by atoms with Crippen LogP contribution in [-0.4, -0.2) is 38.2 Å². The highest BCUT2D eigenvalue weighted by atomic mass is 35.5. The Morgan fingerprint density at radius 2 is 1.76 bits per heavy atom. The molecule has 134 valence electrons. The van der Waals surface area contributed by atoms with Gasteiger partial charge in [0.05, 0.1) is 18.5 Å². The Kier molecular flexibility index (Phi) is 6.02.